The van der Waals surface area contributed by atoms with Crippen molar-refractivity contribution >= 4 is 11.6 Å². The van der Waals surface area contributed by atoms with E-state index in [1.807, 2.05) is 31.2 Å². The van der Waals surface area contributed by atoms with Crippen molar-refractivity contribution < 1.29 is 4.79 Å². The summed E-state index contributed by atoms with van der Waals surface area (Å²) < 4.78 is 0. The molecule has 0 spiro atoms. The molecule has 2 N–H and O–H groups in total. The first-order chi connectivity index (χ1) is 9.19. The molecule has 19 heavy (non-hydrogen) atoms. The predicted octanol–water partition coefficient (Wildman–Crippen LogP) is 3.43. The van der Waals surface area contributed by atoms with Gasteiger partial charge in [-0.1, -0.05) is 25.3 Å². The summed E-state index contributed by atoms with van der Waals surface area (Å²) in [5.74, 6) is 0.895. The highest BCUT2D eigenvalue weighted by Gasteiger charge is 2.19. The Balaban J connectivity index is 1.92. The second-order valence-corrected chi connectivity index (χ2v) is 5.52. The van der Waals surface area contributed by atoms with Crippen LogP contribution in [0, 0.1) is 5.92 Å². The Morgan fingerprint density at radius 3 is 2.84 bits per heavy atom. The van der Waals surface area contributed by atoms with E-state index in [1.54, 1.807) is 0 Å². The molecule has 0 bridgehead atoms. The average molecular weight is 260 g/mol. The summed E-state index contributed by atoms with van der Waals surface area (Å²) in [6, 6.07) is 8.22. The van der Waals surface area contributed by atoms with Crippen molar-refractivity contribution in [1.82, 2.24) is 5.32 Å². The minimum absolute atomic E-state index is 0.00204. The van der Waals surface area contributed by atoms with Gasteiger partial charge >= 0.3 is 0 Å². The molecule has 3 nitrogen and oxygen atoms in total. The first kappa shape index (κ1) is 13.9. The number of hydrogen-bond acceptors (Lipinski definition) is 2. The molecule has 0 radical (unpaired) electrons. The highest BCUT2D eigenvalue weighted by Crippen LogP contribution is 2.31. The van der Waals surface area contributed by atoms with Gasteiger partial charge in [0.05, 0.1) is 0 Å². The lowest BCUT2D eigenvalue weighted by Crippen LogP contribution is -2.24. The van der Waals surface area contributed by atoms with Gasteiger partial charge in [0.2, 0.25) is 0 Å². The van der Waals surface area contributed by atoms with Crippen LogP contribution < -0.4 is 10.6 Å². The van der Waals surface area contributed by atoms with Crippen LogP contribution in [0.4, 0.5) is 5.69 Å². The first-order valence-corrected chi connectivity index (χ1v) is 7.34. The molecule has 1 atom stereocenters. The number of nitrogens with one attached hydrogen (secondary N) is 2. The summed E-state index contributed by atoms with van der Waals surface area (Å²) in [5.41, 5.74) is 1.76. The number of hydrogen-bond donors (Lipinski definition) is 2. The third-order valence-electron chi connectivity index (χ3n) is 3.79. The number of carbonyl (C=O) groups is 1. The van der Waals surface area contributed by atoms with Gasteiger partial charge in [-0.05, 0) is 44.4 Å². The van der Waals surface area contributed by atoms with E-state index < -0.39 is 0 Å². The topological polar surface area (TPSA) is 41.1 Å². The molecule has 1 unspecified atom stereocenters. The zero-order valence-corrected chi connectivity index (χ0v) is 11.9. The summed E-state index contributed by atoms with van der Waals surface area (Å²) in [7, 11) is 0. The van der Waals surface area contributed by atoms with Crippen molar-refractivity contribution in [2.45, 2.75) is 45.6 Å². The molecule has 3 heteroatoms. The lowest BCUT2D eigenvalue weighted by molar-refractivity contribution is 0.0956. The third-order valence-corrected chi connectivity index (χ3v) is 3.79. The van der Waals surface area contributed by atoms with Crippen LogP contribution in [-0.2, 0) is 0 Å². The molecule has 0 aliphatic heterocycles. The highest BCUT2D eigenvalue weighted by atomic mass is 16.1. The molecule has 1 aromatic rings. The van der Waals surface area contributed by atoms with Gasteiger partial charge in [-0.3, -0.25) is 4.79 Å². The number of carbonyl (C=O) groups excluding carboxylic acids is 1. The van der Waals surface area contributed by atoms with E-state index in [9.17, 15) is 4.79 Å². The molecule has 1 aliphatic carbocycles. The van der Waals surface area contributed by atoms with Gasteiger partial charge in [0, 0.05) is 23.8 Å². The Labute approximate surface area is 115 Å². The molecule has 1 amide bonds. The molecule has 1 aliphatic rings. The summed E-state index contributed by atoms with van der Waals surface area (Å²) in [4.78, 5) is 11.8. The summed E-state index contributed by atoms with van der Waals surface area (Å²) in [6.07, 6.45) is 5.38. The molecule has 104 valence electrons. The van der Waals surface area contributed by atoms with E-state index in [1.165, 1.54) is 25.7 Å². The highest BCUT2D eigenvalue weighted by molar-refractivity contribution is 5.95. The monoisotopic (exact) mass is 260 g/mol. The zero-order chi connectivity index (χ0) is 13.7. The van der Waals surface area contributed by atoms with Crippen LogP contribution in [0.3, 0.4) is 0 Å². The van der Waals surface area contributed by atoms with Gasteiger partial charge < -0.3 is 10.6 Å². The van der Waals surface area contributed by atoms with Crippen LogP contribution in [0.2, 0.25) is 0 Å². The molecular formula is C16H24N2O. The zero-order valence-electron chi connectivity index (χ0n) is 11.9. The largest absolute Gasteiger partial charge is 0.383 e. The normalized spacial score (nSPS) is 16.5. The van der Waals surface area contributed by atoms with Crippen molar-refractivity contribution in [2.75, 3.05) is 11.9 Å². The molecular weight excluding hydrogens is 236 g/mol. The first-order valence-electron chi connectivity index (χ1n) is 7.34. The SMILES string of the molecule is CCNC(=O)c1cccc(NC(C)CC2CCC2)c1. The van der Waals surface area contributed by atoms with E-state index in [4.69, 9.17) is 0 Å². The number of anilines is 1. The second kappa shape index (κ2) is 6.60. The Morgan fingerprint density at radius 2 is 2.21 bits per heavy atom. The van der Waals surface area contributed by atoms with Crippen LogP contribution in [0.1, 0.15) is 49.9 Å². The maximum atomic E-state index is 11.8. The Morgan fingerprint density at radius 1 is 1.42 bits per heavy atom. The van der Waals surface area contributed by atoms with E-state index in [0.717, 1.165) is 17.2 Å². The fourth-order valence-electron chi connectivity index (χ4n) is 2.58. The number of amides is 1. The smallest absolute Gasteiger partial charge is 0.251 e. The standard InChI is InChI=1S/C16H24N2O/c1-3-17-16(19)14-8-5-9-15(11-14)18-12(2)10-13-6-4-7-13/h5,8-9,11-13,18H,3-4,6-7,10H2,1-2H3,(H,17,19). The van der Waals surface area contributed by atoms with E-state index >= 15 is 0 Å². The van der Waals surface area contributed by atoms with Crippen LogP contribution in [0.25, 0.3) is 0 Å². The molecule has 1 fully saturated rings. The van der Waals surface area contributed by atoms with Gasteiger partial charge in [-0.25, -0.2) is 0 Å². The Hall–Kier alpha value is -1.51. The van der Waals surface area contributed by atoms with Crippen molar-refractivity contribution in [3.63, 3.8) is 0 Å². The molecule has 1 saturated carbocycles. The van der Waals surface area contributed by atoms with Crippen LogP contribution in [0.5, 0.6) is 0 Å². The number of benzene rings is 1. The van der Waals surface area contributed by atoms with Crippen LogP contribution in [0.15, 0.2) is 24.3 Å². The molecule has 0 aromatic heterocycles. The fourth-order valence-corrected chi connectivity index (χ4v) is 2.58. The van der Waals surface area contributed by atoms with Crippen molar-refractivity contribution in [2.24, 2.45) is 5.92 Å². The fraction of sp³-hybridized carbons (Fsp3) is 0.562. The summed E-state index contributed by atoms with van der Waals surface area (Å²) in [6.45, 7) is 4.81. The molecule has 1 aromatic carbocycles. The Bertz CT molecular complexity index is 427. The Kier molecular flexibility index (Phi) is 4.83. The second-order valence-electron chi connectivity index (χ2n) is 5.52. The minimum atomic E-state index is -0.00204. The van der Waals surface area contributed by atoms with Crippen molar-refractivity contribution in [1.29, 1.82) is 0 Å². The van der Waals surface area contributed by atoms with Crippen molar-refractivity contribution in [3.8, 4) is 0 Å². The van der Waals surface area contributed by atoms with Gasteiger partial charge in [0.25, 0.3) is 5.91 Å². The third kappa shape index (κ3) is 3.98. The van der Waals surface area contributed by atoms with E-state index in [-0.39, 0.29) is 5.91 Å². The van der Waals surface area contributed by atoms with Gasteiger partial charge in [0.15, 0.2) is 0 Å². The average Bonchev–Trinajstić information content (AvgIpc) is 2.34. The van der Waals surface area contributed by atoms with Gasteiger partial charge in [0.1, 0.15) is 0 Å². The molecule has 0 heterocycles. The maximum Gasteiger partial charge on any atom is 0.251 e. The van der Waals surface area contributed by atoms with Crippen LogP contribution in [-0.4, -0.2) is 18.5 Å². The predicted molar refractivity (Wildman–Crippen MR) is 79.5 cm³/mol. The van der Waals surface area contributed by atoms with E-state index in [2.05, 4.69) is 17.6 Å². The van der Waals surface area contributed by atoms with Gasteiger partial charge in [-0.2, -0.15) is 0 Å². The maximum absolute atomic E-state index is 11.8. The molecule has 0 saturated heterocycles. The lowest BCUT2D eigenvalue weighted by Gasteiger charge is -2.29. The molecule has 2 rings (SSSR count). The van der Waals surface area contributed by atoms with Gasteiger partial charge in [-0.15, -0.1) is 0 Å². The van der Waals surface area contributed by atoms with Crippen LogP contribution >= 0.6 is 0 Å². The van der Waals surface area contributed by atoms with Crippen molar-refractivity contribution in [3.05, 3.63) is 29.8 Å². The number of rotatable bonds is 6. The quantitative estimate of drug-likeness (QED) is 0.822. The lowest BCUT2D eigenvalue weighted by atomic mass is 9.81. The minimum Gasteiger partial charge on any atom is -0.383 e. The van der Waals surface area contributed by atoms with E-state index in [0.29, 0.717) is 12.6 Å². The summed E-state index contributed by atoms with van der Waals surface area (Å²) in [5, 5.41) is 6.32. The summed E-state index contributed by atoms with van der Waals surface area (Å²) >= 11 is 0.